The van der Waals surface area contributed by atoms with E-state index in [1.54, 1.807) is 89.9 Å². The van der Waals surface area contributed by atoms with E-state index in [4.69, 9.17) is 5.11 Å². The maximum Gasteiger partial charge on any atom is 0.0540 e. The molecule has 2 N–H and O–H groups in total. The lowest BCUT2D eigenvalue weighted by molar-refractivity contribution is -0.114. The average Bonchev–Trinajstić information content (AvgIpc) is 3.13. The van der Waals surface area contributed by atoms with Crippen LogP contribution in [0.5, 0.6) is 0 Å². The minimum absolute atomic E-state index is 0.0170. The summed E-state index contributed by atoms with van der Waals surface area (Å²) in [4.78, 5) is 0. The van der Waals surface area contributed by atoms with Crippen LogP contribution in [0.2, 0.25) is 0 Å². The molecule has 8 fully saturated rings. The highest BCUT2D eigenvalue weighted by Crippen LogP contribution is 2.62. The van der Waals surface area contributed by atoms with Gasteiger partial charge in [0.1, 0.15) is 0 Å². The molecule has 0 bridgehead atoms. The van der Waals surface area contributed by atoms with Crippen molar-refractivity contribution < 1.29 is 10.2 Å². The molecule has 0 aromatic heterocycles. The first-order valence-corrected chi connectivity index (χ1v) is 22.4. The Morgan fingerprint density at radius 3 is 0.936 bits per heavy atom. The van der Waals surface area contributed by atoms with Crippen molar-refractivity contribution in [3.05, 3.63) is 0 Å². The SMILES string of the molecule is CC1CCCCC1.OC1CCC(C2CCC(C3C4CCCCC4C(C4CCCCC4)C4CCCCC43)CC2)CC1.OC1CCCCC1. The minimum Gasteiger partial charge on any atom is -0.393 e. The second-order valence-corrected chi connectivity index (χ2v) is 19.1. The summed E-state index contributed by atoms with van der Waals surface area (Å²) < 4.78 is 0. The Morgan fingerprint density at radius 1 is 0.277 bits per heavy atom. The number of aliphatic hydroxyl groups is 2. The van der Waals surface area contributed by atoms with Crippen LogP contribution in [0.4, 0.5) is 0 Å². The lowest BCUT2D eigenvalue weighted by atomic mass is 9.45. The Labute approximate surface area is 292 Å². The molecule has 0 saturated heterocycles. The van der Waals surface area contributed by atoms with Crippen LogP contribution in [0.25, 0.3) is 0 Å². The molecule has 0 aromatic carbocycles. The predicted octanol–water partition coefficient (Wildman–Crippen LogP) is 12.7. The van der Waals surface area contributed by atoms with Crippen LogP contribution in [0.15, 0.2) is 0 Å². The highest BCUT2D eigenvalue weighted by atomic mass is 16.3. The zero-order valence-electron chi connectivity index (χ0n) is 31.3. The second kappa shape index (κ2) is 19.0. The molecular weight excluding hydrogens is 572 g/mol. The summed E-state index contributed by atoms with van der Waals surface area (Å²) in [6.45, 7) is 2.36. The molecule has 0 amide bonds. The molecule has 0 aromatic rings. The minimum atomic E-state index is 0.0170. The maximum atomic E-state index is 9.97. The molecule has 0 radical (unpaired) electrons. The first-order valence-electron chi connectivity index (χ1n) is 22.4. The van der Waals surface area contributed by atoms with Gasteiger partial charge in [0.2, 0.25) is 0 Å². The van der Waals surface area contributed by atoms with Gasteiger partial charge in [0.05, 0.1) is 12.2 Å². The topological polar surface area (TPSA) is 40.5 Å². The van der Waals surface area contributed by atoms with Crippen molar-refractivity contribution in [3.63, 3.8) is 0 Å². The summed E-state index contributed by atoms with van der Waals surface area (Å²) in [6, 6.07) is 0. The summed E-state index contributed by atoms with van der Waals surface area (Å²) in [7, 11) is 0. The van der Waals surface area contributed by atoms with Crippen molar-refractivity contribution in [2.24, 2.45) is 65.1 Å². The Kier molecular flexibility index (Phi) is 14.8. The summed E-state index contributed by atoms with van der Waals surface area (Å²) in [5.41, 5.74) is 0. The maximum absolute atomic E-state index is 9.97. The van der Waals surface area contributed by atoms with Crippen molar-refractivity contribution in [1.29, 1.82) is 0 Å². The van der Waals surface area contributed by atoms with Crippen LogP contribution < -0.4 is 0 Å². The van der Waals surface area contributed by atoms with Gasteiger partial charge in [-0.1, -0.05) is 116 Å². The van der Waals surface area contributed by atoms with E-state index in [0.717, 1.165) is 90.8 Å². The van der Waals surface area contributed by atoms with Gasteiger partial charge < -0.3 is 10.2 Å². The van der Waals surface area contributed by atoms with Crippen LogP contribution in [-0.2, 0) is 0 Å². The number of hydrogen-bond donors (Lipinski definition) is 2. The van der Waals surface area contributed by atoms with E-state index >= 15 is 0 Å². The fraction of sp³-hybridized carbons (Fsp3) is 1.00. The first-order chi connectivity index (χ1) is 23.1. The van der Waals surface area contributed by atoms with Gasteiger partial charge in [0.25, 0.3) is 0 Å². The van der Waals surface area contributed by atoms with Crippen molar-refractivity contribution in [2.75, 3.05) is 0 Å². The molecule has 47 heavy (non-hydrogen) atoms. The lowest BCUT2D eigenvalue weighted by Crippen LogP contribution is -2.53. The van der Waals surface area contributed by atoms with Crippen LogP contribution in [0, 0.1) is 65.1 Å². The molecule has 0 spiro atoms. The van der Waals surface area contributed by atoms with Crippen LogP contribution in [0.3, 0.4) is 0 Å². The molecule has 272 valence electrons. The van der Waals surface area contributed by atoms with Crippen LogP contribution in [0.1, 0.15) is 206 Å². The number of hydrogen-bond acceptors (Lipinski definition) is 2. The van der Waals surface area contributed by atoms with Gasteiger partial charge >= 0.3 is 0 Å². The molecule has 4 unspecified atom stereocenters. The van der Waals surface area contributed by atoms with Gasteiger partial charge in [0, 0.05) is 0 Å². The molecule has 0 aliphatic heterocycles. The van der Waals surface area contributed by atoms with E-state index in [2.05, 4.69) is 6.92 Å². The third-order valence-corrected chi connectivity index (χ3v) is 16.2. The molecule has 8 aliphatic carbocycles. The zero-order valence-corrected chi connectivity index (χ0v) is 31.3. The molecule has 2 heteroatoms. The van der Waals surface area contributed by atoms with Crippen LogP contribution in [-0.4, -0.2) is 22.4 Å². The van der Waals surface area contributed by atoms with E-state index in [9.17, 15) is 5.11 Å². The molecule has 0 heterocycles. The molecule has 8 aliphatic rings. The average molecular weight is 653 g/mol. The van der Waals surface area contributed by atoms with Gasteiger partial charge in [-0.05, 0) is 155 Å². The number of rotatable bonds is 3. The standard InChI is InChI=1S/C32H54O.C7H14.C6H12O/c33-26-20-18-23(19-21-26)22-14-16-25(17-15-22)32-29-12-6-4-10-27(29)31(24-8-2-1-3-9-24)28-11-5-7-13-30(28)32;1-7-5-3-2-4-6-7;7-6-4-2-1-3-5-6/h22-33H,1-21H2;7H,2-6H2,1H3;6-7H,1-5H2. The monoisotopic (exact) mass is 653 g/mol. The summed E-state index contributed by atoms with van der Waals surface area (Å²) in [5, 5.41) is 18.9. The number of fused-ring (bicyclic) bond motifs is 2. The van der Waals surface area contributed by atoms with E-state index in [-0.39, 0.29) is 12.2 Å². The smallest absolute Gasteiger partial charge is 0.0540 e. The third kappa shape index (κ3) is 10.0. The fourth-order valence-electron chi connectivity index (χ4n) is 13.8. The Bertz CT molecular complexity index is 796. The van der Waals surface area contributed by atoms with Crippen molar-refractivity contribution in [2.45, 2.75) is 218 Å². The second-order valence-electron chi connectivity index (χ2n) is 19.1. The van der Waals surface area contributed by atoms with Gasteiger partial charge in [-0.2, -0.15) is 0 Å². The Balaban J connectivity index is 0.000000228. The molecule has 8 saturated carbocycles. The fourth-order valence-corrected chi connectivity index (χ4v) is 13.8. The Hall–Kier alpha value is -0.0800. The predicted molar refractivity (Wildman–Crippen MR) is 199 cm³/mol. The molecule has 4 atom stereocenters. The lowest BCUT2D eigenvalue weighted by Gasteiger charge is -2.60. The Morgan fingerprint density at radius 2 is 0.574 bits per heavy atom. The summed E-state index contributed by atoms with van der Waals surface area (Å²) in [6.07, 6.45) is 44.8. The van der Waals surface area contributed by atoms with Crippen molar-refractivity contribution in [3.8, 4) is 0 Å². The van der Waals surface area contributed by atoms with Gasteiger partial charge in [-0.25, -0.2) is 0 Å². The van der Waals surface area contributed by atoms with Crippen LogP contribution >= 0.6 is 0 Å². The van der Waals surface area contributed by atoms with E-state index < -0.39 is 0 Å². The van der Waals surface area contributed by atoms with Crippen molar-refractivity contribution in [1.82, 2.24) is 0 Å². The quantitative estimate of drug-likeness (QED) is 0.318. The first kappa shape index (κ1) is 36.7. The van der Waals surface area contributed by atoms with E-state index in [1.807, 2.05) is 0 Å². The van der Waals surface area contributed by atoms with Gasteiger partial charge in [-0.15, -0.1) is 0 Å². The van der Waals surface area contributed by atoms with E-state index in [0.29, 0.717) is 0 Å². The normalized spacial score (nSPS) is 42.4. The number of aliphatic hydroxyl groups excluding tert-OH is 2. The third-order valence-electron chi connectivity index (χ3n) is 16.2. The largest absolute Gasteiger partial charge is 0.393 e. The van der Waals surface area contributed by atoms with E-state index in [1.165, 1.54) is 83.5 Å². The van der Waals surface area contributed by atoms with Crippen molar-refractivity contribution >= 4 is 0 Å². The highest BCUT2D eigenvalue weighted by Gasteiger charge is 2.54. The van der Waals surface area contributed by atoms with Gasteiger partial charge in [0.15, 0.2) is 0 Å². The molecule has 8 rings (SSSR count). The summed E-state index contributed by atoms with van der Waals surface area (Å²) >= 11 is 0. The van der Waals surface area contributed by atoms with Gasteiger partial charge in [-0.3, -0.25) is 0 Å². The zero-order chi connectivity index (χ0) is 32.4. The molecule has 2 nitrogen and oxygen atoms in total. The summed E-state index contributed by atoms with van der Waals surface area (Å²) in [5.74, 6) is 11.8. The molecular formula is C45H80O2. The highest BCUT2D eigenvalue weighted by molar-refractivity contribution is 5.03.